The Hall–Kier alpha value is -1.63. The predicted molar refractivity (Wildman–Crippen MR) is 54.8 cm³/mol. The van der Waals surface area contributed by atoms with Crippen molar-refractivity contribution < 1.29 is 4.92 Å². The number of H-pyrrole nitrogens is 1. The molecule has 0 radical (unpaired) electrons. The van der Waals surface area contributed by atoms with Crippen molar-refractivity contribution in [3.8, 4) is 0 Å². The van der Waals surface area contributed by atoms with Gasteiger partial charge in [-0.3, -0.25) is 0 Å². The van der Waals surface area contributed by atoms with E-state index in [0.29, 0.717) is 11.7 Å². The number of rotatable bonds is 3. The van der Waals surface area contributed by atoms with Gasteiger partial charge in [0.2, 0.25) is 0 Å². The van der Waals surface area contributed by atoms with Crippen LogP contribution >= 0.6 is 0 Å². The molecule has 0 spiro atoms. The van der Waals surface area contributed by atoms with E-state index in [1.54, 1.807) is 0 Å². The van der Waals surface area contributed by atoms with Crippen LogP contribution in [-0.4, -0.2) is 34.3 Å². The summed E-state index contributed by atoms with van der Waals surface area (Å²) in [5.74, 6) is -0.0615. The summed E-state index contributed by atoms with van der Waals surface area (Å²) >= 11 is 0. The Labute approximate surface area is 86.4 Å². The van der Waals surface area contributed by atoms with E-state index < -0.39 is 4.92 Å². The average Bonchev–Trinajstić information content (AvgIpc) is 2.67. The molecule has 1 aliphatic rings. The van der Waals surface area contributed by atoms with E-state index in [4.69, 9.17) is 0 Å². The lowest BCUT2D eigenvalue weighted by atomic mass is 10.1. The van der Waals surface area contributed by atoms with Crippen LogP contribution in [0.3, 0.4) is 0 Å². The minimum atomic E-state index is -0.462. The highest BCUT2D eigenvalue weighted by molar-refractivity contribution is 5.56. The molecule has 15 heavy (non-hydrogen) atoms. The van der Waals surface area contributed by atoms with Crippen molar-refractivity contribution >= 4 is 11.5 Å². The van der Waals surface area contributed by atoms with Crippen molar-refractivity contribution in [1.82, 2.24) is 15.5 Å². The quantitative estimate of drug-likeness (QED) is 0.499. The van der Waals surface area contributed by atoms with Gasteiger partial charge in [-0.15, -0.1) is 5.10 Å². The van der Waals surface area contributed by atoms with Crippen LogP contribution in [-0.2, 0) is 0 Å². The number of nitro groups is 1. The zero-order chi connectivity index (χ0) is 10.7. The highest BCUT2D eigenvalue weighted by Gasteiger charge is 2.19. The SMILES string of the molecule is O=[N+]([O-])c1[nH]ncc1NC1CCNCC1. The highest BCUT2D eigenvalue weighted by atomic mass is 16.6. The first-order chi connectivity index (χ1) is 7.27. The zero-order valence-corrected chi connectivity index (χ0v) is 8.19. The molecule has 1 saturated heterocycles. The Bertz CT molecular complexity index is 345. The van der Waals surface area contributed by atoms with Crippen molar-refractivity contribution in [1.29, 1.82) is 0 Å². The van der Waals surface area contributed by atoms with E-state index in [1.807, 2.05) is 0 Å². The summed E-state index contributed by atoms with van der Waals surface area (Å²) in [6.07, 6.45) is 3.41. The molecule has 0 aliphatic carbocycles. The van der Waals surface area contributed by atoms with Crippen LogP contribution in [0.15, 0.2) is 6.20 Å². The monoisotopic (exact) mass is 211 g/mol. The van der Waals surface area contributed by atoms with Gasteiger partial charge in [-0.2, -0.15) is 0 Å². The fraction of sp³-hybridized carbons (Fsp3) is 0.625. The minimum Gasteiger partial charge on any atom is -0.374 e. The van der Waals surface area contributed by atoms with Crippen LogP contribution in [0.4, 0.5) is 11.5 Å². The molecule has 0 aromatic carbocycles. The largest absolute Gasteiger partial charge is 0.374 e. The van der Waals surface area contributed by atoms with Gasteiger partial charge in [-0.05, 0) is 30.9 Å². The summed E-state index contributed by atoms with van der Waals surface area (Å²) in [6, 6.07) is 0.294. The molecule has 1 aromatic heterocycles. The minimum absolute atomic E-state index is 0.0615. The fourth-order valence-corrected chi connectivity index (χ4v) is 1.71. The standard InChI is InChI=1S/C8H13N5O2/c14-13(15)8-7(5-10-12-8)11-6-1-3-9-4-2-6/h5-6,9,11H,1-4H2,(H,10,12). The Balaban J connectivity index is 2.03. The van der Waals surface area contributed by atoms with Crippen molar-refractivity contribution in [3.05, 3.63) is 16.3 Å². The number of aromatic amines is 1. The van der Waals surface area contributed by atoms with Gasteiger partial charge in [0.25, 0.3) is 0 Å². The van der Waals surface area contributed by atoms with E-state index >= 15 is 0 Å². The van der Waals surface area contributed by atoms with Crippen LogP contribution in [0, 0.1) is 10.1 Å². The van der Waals surface area contributed by atoms with Crippen molar-refractivity contribution in [2.45, 2.75) is 18.9 Å². The Morgan fingerprint density at radius 1 is 1.53 bits per heavy atom. The molecule has 0 atom stereocenters. The van der Waals surface area contributed by atoms with E-state index in [0.717, 1.165) is 25.9 Å². The van der Waals surface area contributed by atoms with Gasteiger partial charge in [-0.25, -0.2) is 0 Å². The molecule has 7 heteroatoms. The first kappa shape index (κ1) is 9.91. The molecule has 0 unspecified atom stereocenters. The number of anilines is 1. The first-order valence-corrected chi connectivity index (χ1v) is 4.92. The maximum atomic E-state index is 10.6. The predicted octanol–water partition coefficient (Wildman–Crippen LogP) is 0.482. The Morgan fingerprint density at radius 2 is 2.27 bits per heavy atom. The number of hydrogen-bond acceptors (Lipinski definition) is 5. The summed E-state index contributed by atoms with van der Waals surface area (Å²) in [7, 11) is 0. The maximum Gasteiger partial charge on any atom is 0.366 e. The van der Waals surface area contributed by atoms with E-state index in [1.165, 1.54) is 6.20 Å². The van der Waals surface area contributed by atoms with Crippen molar-refractivity contribution in [3.63, 3.8) is 0 Å². The molecule has 1 aliphatic heterocycles. The second kappa shape index (κ2) is 4.26. The average molecular weight is 211 g/mol. The molecule has 1 aromatic rings. The lowest BCUT2D eigenvalue weighted by molar-refractivity contribution is -0.388. The van der Waals surface area contributed by atoms with E-state index in [-0.39, 0.29) is 5.82 Å². The van der Waals surface area contributed by atoms with Gasteiger partial charge in [0.05, 0.1) is 0 Å². The Kier molecular flexibility index (Phi) is 2.82. The highest BCUT2D eigenvalue weighted by Crippen LogP contribution is 2.22. The van der Waals surface area contributed by atoms with E-state index in [2.05, 4.69) is 20.8 Å². The van der Waals surface area contributed by atoms with Gasteiger partial charge in [-0.1, -0.05) is 5.10 Å². The maximum absolute atomic E-state index is 10.6. The smallest absolute Gasteiger partial charge is 0.366 e. The molecular weight excluding hydrogens is 198 g/mol. The number of nitrogens with one attached hydrogen (secondary N) is 3. The lowest BCUT2D eigenvalue weighted by Gasteiger charge is -2.23. The normalized spacial score (nSPS) is 17.6. The van der Waals surface area contributed by atoms with Gasteiger partial charge in [0.1, 0.15) is 6.20 Å². The number of hydrogen-bond donors (Lipinski definition) is 3. The topological polar surface area (TPSA) is 95.9 Å². The van der Waals surface area contributed by atoms with Crippen molar-refractivity contribution in [2.75, 3.05) is 18.4 Å². The van der Waals surface area contributed by atoms with Gasteiger partial charge < -0.3 is 20.7 Å². The Morgan fingerprint density at radius 3 is 2.93 bits per heavy atom. The molecule has 2 heterocycles. The second-order valence-electron chi connectivity index (χ2n) is 3.56. The molecule has 7 nitrogen and oxygen atoms in total. The molecule has 0 bridgehead atoms. The summed E-state index contributed by atoms with van der Waals surface area (Å²) < 4.78 is 0. The number of piperidine rings is 1. The molecule has 1 fully saturated rings. The van der Waals surface area contributed by atoms with E-state index in [9.17, 15) is 10.1 Å². The second-order valence-corrected chi connectivity index (χ2v) is 3.56. The molecule has 0 saturated carbocycles. The zero-order valence-electron chi connectivity index (χ0n) is 8.19. The van der Waals surface area contributed by atoms with Crippen LogP contribution in [0.5, 0.6) is 0 Å². The number of nitrogens with zero attached hydrogens (tertiary/aromatic N) is 2. The van der Waals surface area contributed by atoms with Gasteiger partial charge in [0.15, 0.2) is 5.69 Å². The van der Waals surface area contributed by atoms with Crippen LogP contribution < -0.4 is 10.6 Å². The fourth-order valence-electron chi connectivity index (χ4n) is 1.71. The third-order valence-electron chi connectivity index (χ3n) is 2.50. The summed E-state index contributed by atoms with van der Waals surface area (Å²) in [5, 5.41) is 23.0. The molecular formula is C8H13N5O2. The molecule has 82 valence electrons. The van der Waals surface area contributed by atoms with Gasteiger partial charge >= 0.3 is 5.82 Å². The first-order valence-electron chi connectivity index (χ1n) is 4.92. The summed E-state index contributed by atoms with van der Waals surface area (Å²) in [4.78, 5) is 10.1. The molecule has 0 amide bonds. The summed E-state index contributed by atoms with van der Waals surface area (Å²) in [5.41, 5.74) is 0.479. The van der Waals surface area contributed by atoms with Crippen LogP contribution in [0.1, 0.15) is 12.8 Å². The van der Waals surface area contributed by atoms with Crippen molar-refractivity contribution in [2.24, 2.45) is 0 Å². The molecule has 2 rings (SSSR count). The third kappa shape index (κ3) is 2.24. The van der Waals surface area contributed by atoms with Crippen LogP contribution in [0.2, 0.25) is 0 Å². The van der Waals surface area contributed by atoms with Crippen LogP contribution in [0.25, 0.3) is 0 Å². The third-order valence-corrected chi connectivity index (χ3v) is 2.50. The van der Waals surface area contributed by atoms with Gasteiger partial charge in [0, 0.05) is 6.04 Å². The molecule has 3 N–H and O–H groups in total. The lowest BCUT2D eigenvalue weighted by Crippen LogP contribution is -2.35. The summed E-state index contributed by atoms with van der Waals surface area (Å²) in [6.45, 7) is 1.90. The number of aromatic nitrogens is 2.